The van der Waals surface area contributed by atoms with E-state index in [2.05, 4.69) is 20.4 Å². The van der Waals surface area contributed by atoms with Gasteiger partial charge in [0.2, 0.25) is 11.7 Å². The van der Waals surface area contributed by atoms with Crippen molar-refractivity contribution in [3.8, 4) is 11.4 Å². The second kappa shape index (κ2) is 8.97. The fraction of sp³-hybridized carbons (Fsp3) is 0.292. The highest BCUT2D eigenvalue weighted by Crippen LogP contribution is 2.26. The van der Waals surface area contributed by atoms with Crippen molar-refractivity contribution in [2.24, 2.45) is 5.92 Å². The lowest BCUT2D eigenvalue weighted by Crippen LogP contribution is -2.28. The van der Waals surface area contributed by atoms with Crippen LogP contribution >= 0.6 is 0 Å². The Bertz CT molecular complexity index is 1360. The second-order valence-corrected chi connectivity index (χ2v) is 8.34. The molecule has 0 aliphatic carbocycles. The van der Waals surface area contributed by atoms with Gasteiger partial charge in [-0.1, -0.05) is 23.4 Å². The molecule has 10 heteroatoms. The lowest BCUT2D eigenvalue weighted by molar-refractivity contribution is 0.102. The molecule has 1 aliphatic rings. The molecule has 1 saturated heterocycles. The number of methoxy groups -OCH3 is 1. The van der Waals surface area contributed by atoms with Gasteiger partial charge in [0.25, 0.3) is 5.91 Å². The van der Waals surface area contributed by atoms with Crippen LogP contribution in [0.4, 0.5) is 10.5 Å². The molecule has 1 aliphatic heterocycles. The summed E-state index contributed by atoms with van der Waals surface area (Å²) in [6.45, 7) is 3.18. The number of ether oxygens (including phenoxy) is 1. The number of nitrogens with one attached hydrogen (secondary N) is 1. The Labute approximate surface area is 195 Å². The number of pyridine rings is 1. The monoisotopic (exact) mass is 460 g/mol. The van der Waals surface area contributed by atoms with Crippen molar-refractivity contribution in [3.63, 3.8) is 0 Å². The molecule has 0 spiro atoms. The highest BCUT2D eigenvalue weighted by Gasteiger charge is 2.28. The summed E-state index contributed by atoms with van der Waals surface area (Å²) < 4.78 is 12.0. The van der Waals surface area contributed by atoms with Gasteiger partial charge in [-0.15, -0.1) is 0 Å². The Morgan fingerprint density at radius 1 is 1.26 bits per heavy atom. The van der Waals surface area contributed by atoms with E-state index in [1.165, 1.54) is 7.11 Å². The standard InChI is InChI=1S/C24H24N6O4/c1-15-6-7-17(12-18(15)26-23(31)19-13-25-20-5-3-4-9-30(19)20)22-27-21(34-28-22)11-16-8-10-29(14-16)24(32)33-2/h3-7,9,12-13,16H,8,10-11,14H2,1-2H3,(H,26,31)/t16-/m0/s1. The minimum absolute atomic E-state index is 0.241. The lowest BCUT2D eigenvalue weighted by Gasteiger charge is -2.13. The van der Waals surface area contributed by atoms with E-state index >= 15 is 0 Å². The smallest absolute Gasteiger partial charge is 0.409 e. The average Bonchev–Trinajstić information content (AvgIpc) is 3.60. The van der Waals surface area contributed by atoms with Crippen LogP contribution in [0.5, 0.6) is 0 Å². The lowest BCUT2D eigenvalue weighted by atomic mass is 10.1. The van der Waals surface area contributed by atoms with Gasteiger partial charge in [-0.05, 0) is 43.0 Å². The number of nitrogens with zero attached hydrogens (tertiary/aromatic N) is 5. The third kappa shape index (κ3) is 4.21. The largest absolute Gasteiger partial charge is 0.453 e. The molecule has 2 amide bonds. The number of likely N-dealkylation sites (tertiary alicyclic amines) is 1. The van der Waals surface area contributed by atoms with Gasteiger partial charge >= 0.3 is 6.09 Å². The van der Waals surface area contributed by atoms with Crippen molar-refractivity contribution < 1.29 is 18.8 Å². The maximum Gasteiger partial charge on any atom is 0.409 e. The average molecular weight is 460 g/mol. The van der Waals surface area contributed by atoms with E-state index in [1.54, 1.807) is 21.7 Å². The second-order valence-electron chi connectivity index (χ2n) is 8.34. The van der Waals surface area contributed by atoms with Crippen LogP contribution in [0.1, 0.15) is 28.4 Å². The number of hydrogen-bond acceptors (Lipinski definition) is 7. The van der Waals surface area contributed by atoms with Crippen LogP contribution in [0.25, 0.3) is 17.0 Å². The molecule has 4 heterocycles. The number of aromatic nitrogens is 4. The Balaban J connectivity index is 1.30. The van der Waals surface area contributed by atoms with Crippen molar-refractivity contribution in [3.05, 3.63) is 65.9 Å². The Morgan fingerprint density at radius 3 is 3.00 bits per heavy atom. The maximum absolute atomic E-state index is 12.9. The zero-order valence-electron chi connectivity index (χ0n) is 18.9. The number of rotatable bonds is 5. The van der Waals surface area contributed by atoms with Crippen LogP contribution in [0, 0.1) is 12.8 Å². The molecule has 0 saturated carbocycles. The first-order chi connectivity index (χ1) is 16.5. The van der Waals surface area contributed by atoms with Crippen LogP contribution < -0.4 is 5.32 Å². The molecule has 0 unspecified atom stereocenters. The fourth-order valence-corrected chi connectivity index (χ4v) is 4.18. The van der Waals surface area contributed by atoms with E-state index in [-0.39, 0.29) is 17.9 Å². The first-order valence-corrected chi connectivity index (χ1v) is 11.0. The summed E-state index contributed by atoms with van der Waals surface area (Å²) in [6, 6.07) is 11.2. The summed E-state index contributed by atoms with van der Waals surface area (Å²) in [5, 5.41) is 7.09. The number of amides is 2. The summed E-state index contributed by atoms with van der Waals surface area (Å²) in [7, 11) is 1.38. The van der Waals surface area contributed by atoms with Crippen LogP contribution in [-0.2, 0) is 11.2 Å². The summed E-state index contributed by atoms with van der Waals surface area (Å²) in [5.41, 5.74) is 3.44. The van der Waals surface area contributed by atoms with E-state index in [4.69, 9.17) is 9.26 Å². The number of aryl methyl sites for hydroxylation is 1. The van der Waals surface area contributed by atoms with Crippen molar-refractivity contribution in [1.29, 1.82) is 0 Å². The van der Waals surface area contributed by atoms with Crippen molar-refractivity contribution in [2.75, 3.05) is 25.5 Å². The number of fused-ring (bicyclic) bond motifs is 1. The normalized spacial score (nSPS) is 15.6. The quantitative estimate of drug-likeness (QED) is 0.484. The fourth-order valence-electron chi connectivity index (χ4n) is 4.18. The number of anilines is 1. The molecule has 5 rings (SSSR count). The Hall–Kier alpha value is -4.21. The van der Waals surface area contributed by atoms with Gasteiger partial charge in [-0.3, -0.25) is 9.20 Å². The Morgan fingerprint density at radius 2 is 2.15 bits per heavy atom. The van der Waals surface area contributed by atoms with Gasteiger partial charge in [0.05, 0.1) is 13.3 Å². The van der Waals surface area contributed by atoms with E-state index in [1.807, 2.05) is 43.3 Å². The van der Waals surface area contributed by atoms with Crippen molar-refractivity contribution >= 4 is 23.3 Å². The first kappa shape index (κ1) is 21.6. The number of carbonyl (C=O) groups is 2. The third-order valence-corrected chi connectivity index (χ3v) is 6.04. The SMILES string of the molecule is COC(=O)N1CC[C@@H](Cc2nc(-c3ccc(C)c(NC(=O)c4cnc5ccccn45)c3)no2)C1. The van der Waals surface area contributed by atoms with Gasteiger partial charge in [0.15, 0.2) is 0 Å². The highest BCUT2D eigenvalue weighted by molar-refractivity contribution is 6.04. The molecule has 1 fully saturated rings. The van der Waals surface area contributed by atoms with Crippen LogP contribution in [-0.4, -0.2) is 56.6 Å². The summed E-state index contributed by atoms with van der Waals surface area (Å²) >= 11 is 0. The number of hydrogen-bond donors (Lipinski definition) is 1. The summed E-state index contributed by atoms with van der Waals surface area (Å²) in [5.74, 6) is 0.946. The van der Waals surface area contributed by atoms with E-state index in [0.29, 0.717) is 48.3 Å². The molecule has 174 valence electrons. The Kier molecular flexibility index (Phi) is 5.70. The minimum atomic E-state index is -0.313. The molecular formula is C24H24N6O4. The maximum atomic E-state index is 12.9. The predicted molar refractivity (Wildman–Crippen MR) is 123 cm³/mol. The topological polar surface area (TPSA) is 115 Å². The van der Waals surface area contributed by atoms with E-state index in [0.717, 1.165) is 17.5 Å². The number of imidazole rings is 1. The van der Waals surface area contributed by atoms with Crippen LogP contribution in [0.2, 0.25) is 0 Å². The molecule has 4 aromatic rings. The highest BCUT2D eigenvalue weighted by atomic mass is 16.5. The molecule has 34 heavy (non-hydrogen) atoms. The molecule has 3 aromatic heterocycles. The third-order valence-electron chi connectivity index (χ3n) is 6.04. The van der Waals surface area contributed by atoms with Gasteiger partial charge in [-0.2, -0.15) is 4.98 Å². The zero-order valence-corrected chi connectivity index (χ0v) is 18.9. The van der Waals surface area contributed by atoms with Crippen molar-refractivity contribution in [1.82, 2.24) is 24.4 Å². The molecule has 1 atom stereocenters. The molecule has 10 nitrogen and oxygen atoms in total. The van der Waals surface area contributed by atoms with Gasteiger partial charge in [0, 0.05) is 37.0 Å². The first-order valence-electron chi connectivity index (χ1n) is 11.0. The van der Waals surface area contributed by atoms with E-state index in [9.17, 15) is 9.59 Å². The van der Waals surface area contributed by atoms with Gasteiger partial charge < -0.3 is 19.5 Å². The van der Waals surface area contributed by atoms with E-state index < -0.39 is 0 Å². The summed E-state index contributed by atoms with van der Waals surface area (Å²) in [4.78, 5) is 35.1. The van der Waals surface area contributed by atoms with Crippen LogP contribution in [0.3, 0.4) is 0 Å². The minimum Gasteiger partial charge on any atom is -0.453 e. The summed E-state index contributed by atoms with van der Waals surface area (Å²) in [6.07, 6.45) is 4.49. The molecule has 0 bridgehead atoms. The molecule has 1 N–H and O–H groups in total. The van der Waals surface area contributed by atoms with Gasteiger partial charge in [-0.25, -0.2) is 9.78 Å². The van der Waals surface area contributed by atoms with Gasteiger partial charge in [0.1, 0.15) is 11.3 Å². The molecular weight excluding hydrogens is 436 g/mol. The van der Waals surface area contributed by atoms with Crippen LogP contribution in [0.15, 0.2) is 53.3 Å². The number of carbonyl (C=O) groups excluding carboxylic acids is 2. The number of benzene rings is 1. The molecule has 0 radical (unpaired) electrons. The zero-order chi connectivity index (χ0) is 23.7. The van der Waals surface area contributed by atoms with Crippen molar-refractivity contribution in [2.45, 2.75) is 19.8 Å². The predicted octanol–water partition coefficient (Wildman–Crippen LogP) is 3.58. The molecule has 1 aromatic carbocycles.